The monoisotopic (exact) mass is 316 g/mol. The van der Waals surface area contributed by atoms with E-state index in [-0.39, 0.29) is 0 Å². The summed E-state index contributed by atoms with van der Waals surface area (Å²) in [6.07, 6.45) is -4.61. The molecular formula is C8H4ClF3N2O4S. The standard InChI is InChI=1S/C8H4ClF3N2O4S/c1-17-7-6(19(9,15)16)4(2-13)5(3-14-7)18-8(10,11)12/h3H,1H3. The van der Waals surface area contributed by atoms with E-state index in [0.717, 1.165) is 7.11 Å². The van der Waals surface area contributed by atoms with Crippen LogP contribution in [0, 0.1) is 11.3 Å². The molecule has 0 saturated carbocycles. The zero-order valence-electron chi connectivity index (χ0n) is 9.02. The highest BCUT2D eigenvalue weighted by Crippen LogP contribution is 2.35. The second kappa shape index (κ2) is 5.10. The van der Waals surface area contributed by atoms with Crippen LogP contribution >= 0.6 is 10.7 Å². The number of ether oxygens (including phenoxy) is 2. The molecule has 6 nitrogen and oxygen atoms in total. The summed E-state index contributed by atoms with van der Waals surface area (Å²) in [5.74, 6) is -1.70. The summed E-state index contributed by atoms with van der Waals surface area (Å²) in [6, 6.07) is 1.26. The third-order valence-electron chi connectivity index (χ3n) is 1.74. The van der Waals surface area contributed by atoms with Crippen molar-refractivity contribution in [2.24, 2.45) is 0 Å². The normalized spacial score (nSPS) is 11.8. The summed E-state index contributed by atoms with van der Waals surface area (Å²) >= 11 is 0. The number of rotatable bonds is 3. The van der Waals surface area contributed by atoms with E-state index in [1.54, 1.807) is 0 Å². The van der Waals surface area contributed by atoms with E-state index in [1.807, 2.05) is 0 Å². The van der Waals surface area contributed by atoms with Crippen molar-refractivity contribution in [1.82, 2.24) is 4.98 Å². The van der Waals surface area contributed by atoms with E-state index in [4.69, 9.17) is 15.9 Å². The third kappa shape index (κ3) is 3.62. The van der Waals surface area contributed by atoms with Gasteiger partial charge < -0.3 is 9.47 Å². The van der Waals surface area contributed by atoms with Crippen molar-refractivity contribution >= 4 is 19.7 Å². The summed E-state index contributed by atoms with van der Waals surface area (Å²) in [5.41, 5.74) is -0.945. The number of hydrogen-bond acceptors (Lipinski definition) is 6. The Labute approximate surface area is 109 Å². The summed E-state index contributed by atoms with van der Waals surface area (Å²) in [7, 11) is 1.50. The molecule has 1 aromatic heterocycles. The smallest absolute Gasteiger partial charge is 0.480 e. The molecule has 0 spiro atoms. The van der Waals surface area contributed by atoms with Gasteiger partial charge >= 0.3 is 6.36 Å². The molecular weight excluding hydrogens is 313 g/mol. The molecule has 0 radical (unpaired) electrons. The van der Waals surface area contributed by atoms with E-state index in [0.29, 0.717) is 6.20 Å². The number of nitriles is 1. The number of aromatic nitrogens is 1. The summed E-state index contributed by atoms with van der Waals surface area (Å²) in [6.45, 7) is 0. The van der Waals surface area contributed by atoms with E-state index < -0.39 is 37.5 Å². The SMILES string of the molecule is COc1ncc(OC(F)(F)F)c(C#N)c1S(=O)(=O)Cl. The zero-order valence-corrected chi connectivity index (χ0v) is 10.6. The molecule has 0 atom stereocenters. The molecule has 1 rings (SSSR count). The van der Waals surface area contributed by atoms with E-state index >= 15 is 0 Å². The molecule has 0 fully saturated rings. The number of nitrogens with zero attached hydrogens (tertiary/aromatic N) is 2. The minimum atomic E-state index is -5.12. The van der Waals surface area contributed by atoms with Crippen molar-refractivity contribution in [2.75, 3.05) is 7.11 Å². The predicted octanol–water partition coefficient (Wildman–Crippen LogP) is 1.79. The molecule has 0 bridgehead atoms. The fourth-order valence-electron chi connectivity index (χ4n) is 1.14. The number of pyridine rings is 1. The molecule has 0 unspecified atom stereocenters. The Bertz CT molecular complexity index is 639. The Balaban J connectivity index is 3.61. The first-order valence-electron chi connectivity index (χ1n) is 4.27. The molecule has 0 amide bonds. The molecule has 19 heavy (non-hydrogen) atoms. The highest BCUT2D eigenvalue weighted by molar-refractivity contribution is 8.13. The van der Waals surface area contributed by atoms with Crippen LogP contribution in [0.15, 0.2) is 11.1 Å². The van der Waals surface area contributed by atoms with Crippen LogP contribution in [0.25, 0.3) is 0 Å². The van der Waals surface area contributed by atoms with Crippen molar-refractivity contribution in [3.63, 3.8) is 0 Å². The van der Waals surface area contributed by atoms with Gasteiger partial charge in [-0.3, -0.25) is 0 Å². The molecule has 0 saturated heterocycles. The Kier molecular flexibility index (Phi) is 4.12. The molecule has 0 aliphatic carbocycles. The molecule has 0 aromatic carbocycles. The first kappa shape index (κ1) is 15.3. The van der Waals surface area contributed by atoms with Gasteiger partial charge in [-0.25, -0.2) is 13.4 Å². The summed E-state index contributed by atoms with van der Waals surface area (Å²) < 4.78 is 66.9. The van der Waals surface area contributed by atoms with Gasteiger partial charge in [0.1, 0.15) is 11.6 Å². The van der Waals surface area contributed by atoms with Crippen LogP contribution < -0.4 is 9.47 Å². The Morgan fingerprint density at radius 3 is 2.42 bits per heavy atom. The predicted molar refractivity (Wildman–Crippen MR) is 55.2 cm³/mol. The van der Waals surface area contributed by atoms with Gasteiger partial charge in [0, 0.05) is 10.7 Å². The first-order chi connectivity index (χ1) is 8.60. The van der Waals surface area contributed by atoms with Crippen LogP contribution in [0.5, 0.6) is 11.6 Å². The van der Waals surface area contributed by atoms with E-state index in [2.05, 4.69) is 14.5 Å². The number of hydrogen-bond donors (Lipinski definition) is 0. The molecule has 1 heterocycles. The molecule has 1 aromatic rings. The first-order valence-corrected chi connectivity index (χ1v) is 6.58. The number of alkyl halides is 3. The summed E-state index contributed by atoms with van der Waals surface area (Å²) in [5, 5.41) is 8.78. The molecule has 0 N–H and O–H groups in total. The second-order valence-corrected chi connectivity index (χ2v) is 5.44. The van der Waals surface area contributed by atoms with Crippen LogP contribution in [0.3, 0.4) is 0 Å². The Morgan fingerprint density at radius 1 is 1.47 bits per heavy atom. The summed E-state index contributed by atoms with van der Waals surface area (Å²) in [4.78, 5) is 2.31. The lowest BCUT2D eigenvalue weighted by molar-refractivity contribution is -0.274. The van der Waals surface area contributed by atoms with Gasteiger partial charge in [0.2, 0.25) is 5.88 Å². The van der Waals surface area contributed by atoms with Gasteiger partial charge in [0.15, 0.2) is 10.6 Å². The molecule has 0 aliphatic rings. The van der Waals surface area contributed by atoms with Crippen molar-refractivity contribution in [1.29, 1.82) is 5.26 Å². The van der Waals surface area contributed by atoms with Crippen molar-refractivity contribution in [3.05, 3.63) is 11.8 Å². The van der Waals surface area contributed by atoms with Crippen LogP contribution in [-0.4, -0.2) is 26.9 Å². The van der Waals surface area contributed by atoms with Crippen LogP contribution in [0.1, 0.15) is 5.56 Å². The van der Waals surface area contributed by atoms with Gasteiger partial charge in [0.05, 0.1) is 13.3 Å². The van der Waals surface area contributed by atoms with Crippen LogP contribution in [0.2, 0.25) is 0 Å². The van der Waals surface area contributed by atoms with E-state index in [9.17, 15) is 21.6 Å². The van der Waals surface area contributed by atoms with Gasteiger partial charge in [-0.05, 0) is 0 Å². The highest BCUT2D eigenvalue weighted by atomic mass is 35.7. The van der Waals surface area contributed by atoms with Gasteiger partial charge in [-0.15, -0.1) is 13.2 Å². The van der Waals surface area contributed by atoms with Crippen molar-refractivity contribution in [2.45, 2.75) is 11.3 Å². The third-order valence-corrected chi connectivity index (χ3v) is 3.07. The van der Waals surface area contributed by atoms with Gasteiger partial charge in [-0.1, -0.05) is 0 Å². The zero-order chi connectivity index (χ0) is 14.8. The lowest BCUT2D eigenvalue weighted by Gasteiger charge is -2.12. The number of methoxy groups -OCH3 is 1. The maximum Gasteiger partial charge on any atom is 0.573 e. The van der Waals surface area contributed by atoms with Gasteiger partial charge in [0.25, 0.3) is 9.05 Å². The Hall–Kier alpha value is -1.73. The topological polar surface area (TPSA) is 89.3 Å². The minimum Gasteiger partial charge on any atom is -0.480 e. The second-order valence-electron chi connectivity index (χ2n) is 2.93. The number of halogens is 4. The molecule has 11 heteroatoms. The maximum absolute atomic E-state index is 12.1. The largest absolute Gasteiger partial charge is 0.573 e. The Morgan fingerprint density at radius 2 is 2.05 bits per heavy atom. The van der Waals surface area contributed by atoms with E-state index in [1.165, 1.54) is 6.07 Å². The lowest BCUT2D eigenvalue weighted by atomic mass is 10.2. The maximum atomic E-state index is 12.1. The average molecular weight is 317 g/mol. The lowest BCUT2D eigenvalue weighted by Crippen LogP contribution is -2.19. The minimum absolute atomic E-state index is 0.510. The fourth-order valence-corrected chi connectivity index (χ4v) is 2.30. The van der Waals surface area contributed by atoms with Gasteiger partial charge in [-0.2, -0.15) is 5.26 Å². The average Bonchev–Trinajstić information content (AvgIpc) is 2.25. The fraction of sp³-hybridized carbons (Fsp3) is 0.250. The van der Waals surface area contributed by atoms with Crippen molar-refractivity contribution in [3.8, 4) is 17.7 Å². The molecule has 0 aliphatic heterocycles. The van der Waals surface area contributed by atoms with Crippen LogP contribution in [-0.2, 0) is 9.05 Å². The highest BCUT2D eigenvalue weighted by Gasteiger charge is 2.35. The molecule has 104 valence electrons. The quantitative estimate of drug-likeness (QED) is 0.790. The van der Waals surface area contributed by atoms with Crippen molar-refractivity contribution < 1.29 is 31.1 Å². The van der Waals surface area contributed by atoms with Crippen LogP contribution in [0.4, 0.5) is 13.2 Å².